The summed E-state index contributed by atoms with van der Waals surface area (Å²) in [5.74, 6) is 1.54. The molecule has 0 saturated heterocycles. The molecule has 0 saturated carbocycles. The zero-order chi connectivity index (χ0) is 20.2. The molecular weight excluding hydrogens is 420 g/mol. The first-order valence-electron chi connectivity index (χ1n) is 9.08. The van der Waals surface area contributed by atoms with Gasteiger partial charge in [-0.1, -0.05) is 59.3 Å². The number of aromatic nitrogens is 4. The van der Waals surface area contributed by atoms with Crippen molar-refractivity contribution in [1.29, 1.82) is 0 Å². The number of aryl methyl sites for hydroxylation is 1. The molecule has 29 heavy (non-hydrogen) atoms. The molecule has 4 nitrogen and oxygen atoms in total. The highest BCUT2D eigenvalue weighted by Crippen LogP contribution is 2.30. The van der Waals surface area contributed by atoms with Crippen LogP contribution in [0.25, 0.3) is 22.0 Å². The Hall–Kier alpha value is -2.41. The van der Waals surface area contributed by atoms with E-state index in [1.807, 2.05) is 30.3 Å². The standard InChI is InChI=1S/C22H19ClN4S2/c1-3-12-27-20(16-8-10-18(23)11-9-16)25-26-22(27)29-14-19-13-28-21(24-19)17-6-4-15(2)5-7-17/h3-11,13H,1,12,14H2,2H3. The Morgan fingerprint density at radius 1 is 1.07 bits per heavy atom. The molecule has 0 aliphatic carbocycles. The van der Waals surface area contributed by atoms with Crippen LogP contribution in [0.3, 0.4) is 0 Å². The molecule has 146 valence electrons. The molecule has 0 aliphatic heterocycles. The number of nitrogens with zero attached hydrogens (tertiary/aromatic N) is 4. The molecule has 0 unspecified atom stereocenters. The molecule has 2 heterocycles. The molecule has 0 aliphatic rings. The van der Waals surface area contributed by atoms with E-state index in [1.54, 1.807) is 23.1 Å². The van der Waals surface area contributed by atoms with Crippen molar-refractivity contribution < 1.29 is 0 Å². The van der Waals surface area contributed by atoms with Gasteiger partial charge in [-0.3, -0.25) is 4.57 Å². The Bertz CT molecular complexity index is 1110. The van der Waals surface area contributed by atoms with Gasteiger partial charge < -0.3 is 0 Å². The fourth-order valence-corrected chi connectivity index (χ4v) is 4.74. The molecule has 0 spiro atoms. The van der Waals surface area contributed by atoms with Crippen molar-refractivity contribution in [1.82, 2.24) is 19.7 Å². The van der Waals surface area contributed by atoms with Crippen molar-refractivity contribution in [3.63, 3.8) is 0 Å². The Morgan fingerprint density at radius 3 is 2.52 bits per heavy atom. The van der Waals surface area contributed by atoms with Crippen LogP contribution in [0.1, 0.15) is 11.3 Å². The van der Waals surface area contributed by atoms with E-state index in [-0.39, 0.29) is 0 Å². The second kappa shape index (κ2) is 8.95. The van der Waals surface area contributed by atoms with Crippen LogP contribution in [0.15, 0.2) is 71.7 Å². The van der Waals surface area contributed by atoms with E-state index in [0.717, 1.165) is 38.6 Å². The Kier molecular flexibility index (Phi) is 6.13. The van der Waals surface area contributed by atoms with Gasteiger partial charge >= 0.3 is 0 Å². The van der Waals surface area contributed by atoms with Gasteiger partial charge in [0, 0.05) is 33.8 Å². The maximum atomic E-state index is 6.01. The van der Waals surface area contributed by atoms with Gasteiger partial charge in [0.15, 0.2) is 11.0 Å². The second-order valence-corrected chi connectivity index (χ2v) is 8.75. The predicted octanol–water partition coefficient (Wildman–Crippen LogP) is 6.51. The Labute approximate surface area is 183 Å². The molecule has 7 heteroatoms. The van der Waals surface area contributed by atoms with Crippen LogP contribution in [-0.4, -0.2) is 19.7 Å². The van der Waals surface area contributed by atoms with Crippen LogP contribution in [-0.2, 0) is 12.3 Å². The summed E-state index contributed by atoms with van der Waals surface area (Å²) in [6.07, 6.45) is 1.85. The summed E-state index contributed by atoms with van der Waals surface area (Å²) in [7, 11) is 0. The Balaban J connectivity index is 1.52. The van der Waals surface area contributed by atoms with Gasteiger partial charge in [0.05, 0.1) is 5.69 Å². The number of allylic oxidation sites excluding steroid dienone is 1. The van der Waals surface area contributed by atoms with Gasteiger partial charge in [-0.25, -0.2) is 4.98 Å². The minimum Gasteiger partial charge on any atom is -0.298 e. The van der Waals surface area contributed by atoms with E-state index in [4.69, 9.17) is 16.6 Å². The molecular formula is C22H19ClN4S2. The summed E-state index contributed by atoms with van der Waals surface area (Å²) >= 11 is 9.30. The van der Waals surface area contributed by atoms with Crippen molar-refractivity contribution in [3.8, 4) is 22.0 Å². The largest absolute Gasteiger partial charge is 0.298 e. The summed E-state index contributed by atoms with van der Waals surface area (Å²) in [5.41, 5.74) is 4.42. The third kappa shape index (κ3) is 4.61. The van der Waals surface area contributed by atoms with Gasteiger partial charge in [-0.2, -0.15) is 0 Å². The highest BCUT2D eigenvalue weighted by Gasteiger charge is 2.14. The molecule has 0 radical (unpaired) electrons. The first kappa shape index (κ1) is 19.9. The van der Waals surface area contributed by atoms with Crippen molar-refractivity contribution in [2.45, 2.75) is 24.4 Å². The lowest BCUT2D eigenvalue weighted by atomic mass is 10.2. The van der Waals surface area contributed by atoms with Gasteiger partial charge in [0.2, 0.25) is 0 Å². The molecule has 0 atom stereocenters. The number of rotatable bonds is 7. The summed E-state index contributed by atoms with van der Waals surface area (Å²) in [5, 5.41) is 13.5. The first-order chi connectivity index (χ1) is 14.1. The molecule has 4 aromatic rings. The van der Waals surface area contributed by atoms with Crippen LogP contribution in [0.5, 0.6) is 0 Å². The van der Waals surface area contributed by atoms with E-state index in [9.17, 15) is 0 Å². The lowest BCUT2D eigenvalue weighted by molar-refractivity contribution is 0.731. The fraction of sp³-hybridized carbons (Fsp3) is 0.136. The number of thiazole rings is 1. The van der Waals surface area contributed by atoms with E-state index in [0.29, 0.717) is 11.6 Å². The number of halogens is 1. The first-order valence-corrected chi connectivity index (χ1v) is 11.3. The molecule has 0 fully saturated rings. The average molecular weight is 439 g/mol. The van der Waals surface area contributed by atoms with Crippen LogP contribution >= 0.6 is 34.7 Å². The molecule has 0 amide bonds. The highest BCUT2D eigenvalue weighted by atomic mass is 35.5. The fourth-order valence-electron chi connectivity index (χ4n) is 2.84. The van der Waals surface area contributed by atoms with Gasteiger partial charge in [-0.15, -0.1) is 28.1 Å². The number of thioether (sulfide) groups is 1. The average Bonchev–Trinajstić information content (AvgIpc) is 3.35. The van der Waals surface area contributed by atoms with Crippen LogP contribution < -0.4 is 0 Å². The van der Waals surface area contributed by atoms with Crippen molar-refractivity contribution in [3.05, 3.63) is 82.8 Å². The zero-order valence-electron chi connectivity index (χ0n) is 15.9. The quantitative estimate of drug-likeness (QED) is 0.243. The normalized spacial score (nSPS) is 11.0. The SMILES string of the molecule is C=CCn1c(SCc2csc(-c3ccc(C)cc3)n2)nnc1-c1ccc(Cl)cc1. The lowest BCUT2D eigenvalue weighted by Crippen LogP contribution is -2.00. The topological polar surface area (TPSA) is 43.6 Å². The molecule has 0 bridgehead atoms. The summed E-state index contributed by atoms with van der Waals surface area (Å²) in [6, 6.07) is 16.1. The monoisotopic (exact) mass is 438 g/mol. The van der Waals surface area contributed by atoms with E-state index in [2.05, 4.69) is 57.9 Å². The molecule has 0 N–H and O–H groups in total. The zero-order valence-corrected chi connectivity index (χ0v) is 18.3. The number of hydrogen-bond acceptors (Lipinski definition) is 5. The third-order valence-electron chi connectivity index (χ3n) is 4.33. The Morgan fingerprint density at radius 2 is 1.79 bits per heavy atom. The second-order valence-electron chi connectivity index (χ2n) is 6.51. The summed E-state index contributed by atoms with van der Waals surface area (Å²) < 4.78 is 2.06. The molecule has 2 aromatic carbocycles. The number of benzene rings is 2. The predicted molar refractivity (Wildman–Crippen MR) is 123 cm³/mol. The van der Waals surface area contributed by atoms with E-state index >= 15 is 0 Å². The lowest BCUT2D eigenvalue weighted by Gasteiger charge is -2.07. The highest BCUT2D eigenvalue weighted by molar-refractivity contribution is 7.98. The van der Waals surface area contributed by atoms with Crippen molar-refractivity contribution >= 4 is 34.7 Å². The summed E-state index contributed by atoms with van der Waals surface area (Å²) in [4.78, 5) is 4.78. The van der Waals surface area contributed by atoms with Crippen molar-refractivity contribution in [2.24, 2.45) is 0 Å². The van der Waals surface area contributed by atoms with Gasteiger partial charge in [0.25, 0.3) is 0 Å². The smallest absolute Gasteiger partial charge is 0.192 e. The molecule has 4 rings (SSSR count). The van der Waals surface area contributed by atoms with Crippen LogP contribution in [0.2, 0.25) is 5.02 Å². The van der Waals surface area contributed by atoms with Crippen molar-refractivity contribution in [2.75, 3.05) is 0 Å². The maximum Gasteiger partial charge on any atom is 0.192 e. The minimum absolute atomic E-state index is 0.638. The maximum absolute atomic E-state index is 6.01. The molecule has 2 aromatic heterocycles. The number of hydrogen-bond donors (Lipinski definition) is 0. The van der Waals surface area contributed by atoms with Gasteiger partial charge in [0.1, 0.15) is 5.01 Å². The minimum atomic E-state index is 0.638. The van der Waals surface area contributed by atoms with E-state index < -0.39 is 0 Å². The third-order valence-corrected chi connectivity index (χ3v) is 6.52. The van der Waals surface area contributed by atoms with Crippen LogP contribution in [0, 0.1) is 6.92 Å². The van der Waals surface area contributed by atoms with Gasteiger partial charge in [-0.05, 0) is 31.2 Å². The summed E-state index contributed by atoms with van der Waals surface area (Å²) in [6.45, 7) is 6.60. The van der Waals surface area contributed by atoms with E-state index in [1.165, 1.54) is 5.56 Å². The van der Waals surface area contributed by atoms with Crippen LogP contribution in [0.4, 0.5) is 0 Å².